The Morgan fingerprint density at radius 1 is 1.70 bits per heavy atom. The van der Waals surface area contributed by atoms with Crippen LogP contribution < -0.4 is 5.73 Å². The van der Waals surface area contributed by atoms with E-state index in [4.69, 9.17) is 16.9 Å². The number of aliphatic imine (C=N–C) groups is 1. The maximum absolute atomic E-state index is 10.5. The lowest BCUT2D eigenvalue weighted by atomic mass is 9.88. The highest BCUT2D eigenvalue weighted by atomic mass is 16.6. The van der Waals surface area contributed by atoms with Crippen LogP contribution in [0.1, 0.15) is 6.92 Å². The summed E-state index contributed by atoms with van der Waals surface area (Å²) in [7, 11) is 0. The van der Waals surface area contributed by atoms with Crippen LogP contribution in [0.3, 0.4) is 0 Å². The molecular weight excluding hydrogens is 262 g/mol. The second kappa shape index (κ2) is 4.61. The third-order valence-corrected chi connectivity index (χ3v) is 3.51. The maximum Gasteiger partial charge on any atom is 0.182 e. The van der Waals surface area contributed by atoms with Crippen molar-refractivity contribution in [2.75, 3.05) is 6.61 Å². The molecule has 2 heterocycles. The first-order chi connectivity index (χ1) is 9.28. The summed E-state index contributed by atoms with van der Waals surface area (Å²) in [6.45, 7) is 4.43. The molecule has 2 aliphatic heterocycles. The van der Waals surface area contributed by atoms with E-state index in [1.807, 2.05) is 0 Å². The van der Waals surface area contributed by atoms with E-state index in [0.717, 1.165) is 0 Å². The fourth-order valence-electron chi connectivity index (χ4n) is 2.31. The Hall–Kier alpha value is -1.85. The summed E-state index contributed by atoms with van der Waals surface area (Å²) in [5, 5.41) is 30.1. The molecule has 7 heteroatoms. The van der Waals surface area contributed by atoms with Crippen LogP contribution in [0.2, 0.25) is 0 Å². The summed E-state index contributed by atoms with van der Waals surface area (Å²) in [5.41, 5.74) is 2.12. The average molecular weight is 279 g/mol. The quantitative estimate of drug-likeness (QED) is 0.457. The minimum Gasteiger partial charge on any atom is -0.392 e. The van der Waals surface area contributed by atoms with Gasteiger partial charge in [0, 0.05) is 6.20 Å². The van der Waals surface area contributed by atoms with Gasteiger partial charge in [-0.25, -0.2) is 4.99 Å². The van der Waals surface area contributed by atoms with E-state index in [1.165, 1.54) is 24.1 Å². The third kappa shape index (κ3) is 1.90. The Bertz CT molecular complexity index is 534. The van der Waals surface area contributed by atoms with Gasteiger partial charge in [-0.2, -0.15) is 0 Å². The van der Waals surface area contributed by atoms with Gasteiger partial charge in [-0.3, -0.25) is 0 Å². The molecule has 2 rings (SSSR count). The second-order valence-corrected chi connectivity index (χ2v) is 4.97. The molecule has 0 aromatic carbocycles. The molecule has 0 aromatic rings. The molecule has 0 radical (unpaired) electrons. The Morgan fingerprint density at radius 3 is 2.80 bits per heavy atom. The monoisotopic (exact) mass is 279 g/mol. The Balaban J connectivity index is 2.37. The van der Waals surface area contributed by atoms with Crippen LogP contribution >= 0.6 is 0 Å². The van der Waals surface area contributed by atoms with Crippen molar-refractivity contribution >= 4 is 5.84 Å². The largest absolute Gasteiger partial charge is 0.392 e. The van der Waals surface area contributed by atoms with Crippen LogP contribution in [-0.4, -0.2) is 56.2 Å². The summed E-state index contributed by atoms with van der Waals surface area (Å²) >= 11 is 0. The standard InChI is InChI=1S/C13H17N3O4/c1-4-13(7-17)10(18)12(3,19)11(20-13)16-6-5-9(14)15-8(16)2/h1,5-6,10-11,17-19H,2,7H2,3H3,(H2,14,15)/t10-,11+,12+,13+/m0/s1. The molecule has 0 aliphatic carbocycles. The molecule has 4 atom stereocenters. The molecule has 7 nitrogen and oxygen atoms in total. The third-order valence-electron chi connectivity index (χ3n) is 3.51. The van der Waals surface area contributed by atoms with E-state index >= 15 is 0 Å². The smallest absolute Gasteiger partial charge is 0.182 e. The SMILES string of the molecule is C#C[C@]1(CO)O[C@@H](N2C=CC(N)=NC2=C)[C@](C)(O)[C@@H]1O. The van der Waals surface area contributed by atoms with Gasteiger partial charge in [-0.05, 0) is 13.0 Å². The zero-order valence-electron chi connectivity index (χ0n) is 11.0. The van der Waals surface area contributed by atoms with Crippen LogP contribution in [0.4, 0.5) is 0 Å². The molecule has 0 saturated carbocycles. The highest BCUT2D eigenvalue weighted by Gasteiger charge is 2.62. The number of hydrogen-bond acceptors (Lipinski definition) is 7. The molecule has 1 fully saturated rings. The van der Waals surface area contributed by atoms with Gasteiger partial charge < -0.3 is 30.7 Å². The van der Waals surface area contributed by atoms with E-state index < -0.39 is 30.1 Å². The number of nitrogens with two attached hydrogens (primary N) is 1. The number of nitrogens with zero attached hydrogens (tertiary/aromatic N) is 2. The van der Waals surface area contributed by atoms with Crippen molar-refractivity contribution in [1.29, 1.82) is 0 Å². The van der Waals surface area contributed by atoms with Crippen LogP contribution in [-0.2, 0) is 4.74 Å². The Labute approximate surface area is 116 Å². The van der Waals surface area contributed by atoms with Crippen molar-refractivity contribution in [1.82, 2.24) is 4.90 Å². The summed E-state index contributed by atoms with van der Waals surface area (Å²) in [6, 6.07) is 0. The fourth-order valence-corrected chi connectivity index (χ4v) is 2.31. The van der Waals surface area contributed by atoms with Gasteiger partial charge >= 0.3 is 0 Å². The predicted octanol–water partition coefficient (Wildman–Crippen LogP) is -1.52. The van der Waals surface area contributed by atoms with Crippen molar-refractivity contribution in [2.45, 2.75) is 30.5 Å². The zero-order valence-corrected chi connectivity index (χ0v) is 11.0. The van der Waals surface area contributed by atoms with Gasteiger partial charge in [-0.1, -0.05) is 12.5 Å². The van der Waals surface area contributed by atoms with Crippen molar-refractivity contribution in [3.05, 3.63) is 24.7 Å². The first kappa shape index (κ1) is 14.6. The van der Waals surface area contributed by atoms with Crippen LogP contribution in [0.15, 0.2) is 29.7 Å². The number of rotatable bonds is 2. The molecule has 0 amide bonds. The van der Waals surface area contributed by atoms with Gasteiger partial charge in [0.15, 0.2) is 11.8 Å². The minimum atomic E-state index is -1.73. The number of terminal acetylenes is 1. The molecule has 108 valence electrons. The van der Waals surface area contributed by atoms with E-state index in [1.54, 1.807) is 0 Å². The molecular formula is C13H17N3O4. The summed E-state index contributed by atoms with van der Waals surface area (Å²) in [4.78, 5) is 5.35. The van der Waals surface area contributed by atoms with Crippen molar-refractivity contribution in [2.24, 2.45) is 10.7 Å². The van der Waals surface area contributed by atoms with Gasteiger partial charge in [0.25, 0.3) is 0 Å². The van der Waals surface area contributed by atoms with E-state index in [-0.39, 0.29) is 11.7 Å². The molecule has 5 N–H and O–H groups in total. The van der Waals surface area contributed by atoms with Gasteiger partial charge in [-0.15, -0.1) is 6.42 Å². The lowest BCUT2D eigenvalue weighted by Gasteiger charge is -2.35. The normalized spacial score (nSPS) is 40.6. The number of aliphatic hydroxyl groups excluding tert-OH is 2. The number of ether oxygens (including phenoxy) is 1. The highest BCUT2D eigenvalue weighted by Crippen LogP contribution is 2.41. The first-order valence-electron chi connectivity index (χ1n) is 5.95. The molecule has 20 heavy (non-hydrogen) atoms. The molecule has 0 spiro atoms. The summed E-state index contributed by atoms with van der Waals surface area (Å²) in [6.07, 6.45) is 5.81. The van der Waals surface area contributed by atoms with Gasteiger partial charge in [0.1, 0.15) is 23.4 Å². The van der Waals surface area contributed by atoms with E-state index in [9.17, 15) is 15.3 Å². The van der Waals surface area contributed by atoms with E-state index in [0.29, 0.717) is 0 Å². The predicted molar refractivity (Wildman–Crippen MR) is 71.9 cm³/mol. The zero-order chi connectivity index (χ0) is 15.1. The van der Waals surface area contributed by atoms with Crippen molar-refractivity contribution in [3.8, 4) is 12.3 Å². The summed E-state index contributed by atoms with van der Waals surface area (Å²) in [5.74, 6) is 2.69. The van der Waals surface area contributed by atoms with Crippen LogP contribution in [0.5, 0.6) is 0 Å². The molecule has 0 bridgehead atoms. The summed E-state index contributed by atoms with van der Waals surface area (Å²) < 4.78 is 5.54. The fraction of sp³-hybridized carbons (Fsp3) is 0.462. The van der Waals surface area contributed by atoms with E-state index in [2.05, 4.69) is 17.5 Å². The maximum atomic E-state index is 10.5. The molecule has 1 saturated heterocycles. The van der Waals surface area contributed by atoms with Gasteiger partial charge in [0.2, 0.25) is 0 Å². The first-order valence-corrected chi connectivity index (χ1v) is 5.95. The average Bonchev–Trinajstić information content (AvgIpc) is 2.60. The van der Waals surface area contributed by atoms with Crippen molar-refractivity contribution in [3.63, 3.8) is 0 Å². The highest BCUT2D eigenvalue weighted by molar-refractivity contribution is 5.92. The Morgan fingerprint density at radius 2 is 2.35 bits per heavy atom. The lowest BCUT2D eigenvalue weighted by molar-refractivity contribution is -0.119. The second-order valence-electron chi connectivity index (χ2n) is 4.97. The minimum absolute atomic E-state index is 0.230. The molecule has 2 aliphatic rings. The van der Waals surface area contributed by atoms with Crippen LogP contribution in [0.25, 0.3) is 0 Å². The lowest BCUT2D eigenvalue weighted by Crippen LogP contribution is -2.53. The van der Waals surface area contributed by atoms with Crippen molar-refractivity contribution < 1.29 is 20.1 Å². The number of aliphatic hydroxyl groups is 3. The molecule has 0 unspecified atom stereocenters. The van der Waals surface area contributed by atoms with Gasteiger partial charge in [0.05, 0.1) is 6.61 Å². The Kier molecular flexibility index (Phi) is 3.36. The number of amidine groups is 1. The van der Waals surface area contributed by atoms with Crippen LogP contribution in [0, 0.1) is 12.3 Å². The number of hydrogen-bond donors (Lipinski definition) is 4. The molecule has 0 aromatic heterocycles. The topological polar surface area (TPSA) is 112 Å².